The summed E-state index contributed by atoms with van der Waals surface area (Å²) in [6.45, 7) is 3.81. The van der Waals surface area contributed by atoms with Gasteiger partial charge in [0, 0.05) is 5.88 Å². The molecule has 0 spiro atoms. The summed E-state index contributed by atoms with van der Waals surface area (Å²) in [7, 11) is 0. The van der Waals surface area contributed by atoms with Crippen molar-refractivity contribution >= 4 is 17.6 Å². The Morgan fingerprint density at radius 2 is 2.10 bits per heavy atom. The first-order chi connectivity index (χ1) is 4.48. The maximum absolute atomic E-state index is 10.2. The minimum Gasteiger partial charge on any atom is -0.481 e. The normalized spacial score (nSPS) is 11.5. The van der Waals surface area contributed by atoms with Crippen molar-refractivity contribution in [2.24, 2.45) is 5.41 Å². The van der Waals surface area contributed by atoms with Crippen molar-refractivity contribution in [2.45, 2.75) is 26.7 Å². The van der Waals surface area contributed by atoms with Crippen LogP contribution in [0.3, 0.4) is 0 Å². The molecule has 0 aliphatic rings. The molecule has 2 nitrogen and oxygen atoms in total. The SMILES string of the molecule is CC(C)(CCCl)CC(=O)O. The average Bonchev–Trinajstić information content (AvgIpc) is 1.59. The van der Waals surface area contributed by atoms with Crippen molar-refractivity contribution in [2.75, 3.05) is 5.88 Å². The van der Waals surface area contributed by atoms with Gasteiger partial charge in [-0.05, 0) is 11.8 Å². The predicted octanol–water partition coefficient (Wildman–Crippen LogP) is 2.12. The third-order valence-corrected chi connectivity index (χ3v) is 1.59. The molecule has 0 saturated carbocycles. The van der Waals surface area contributed by atoms with Crippen LogP contribution < -0.4 is 0 Å². The molecule has 0 fully saturated rings. The molecule has 0 radical (unpaired) electrons. The molecule has 0 aromatic rings. The van der Waals surface area contributed by atoms with Crippen LogP contribution in [0.4, 0.5) is 0 Å². The summed E-state index contributed by atoms with van der Waals surface area (Å²) in [5, 5.41) is 8.43. The Balaban J connectivity index is 3.74. The molecule has 0 atom stereocenters. The number of hydrogen-bond donors (Lipinski definition) is 1. The second kappa shape index (κ2) is 3.81. The Morgan fingerprint density at radius 1 is 1.60 bits per heavy atom. The van der Waals surface area contributed by atoms with Crippen LogP contribution in [0, 0.1) is 5.41 Å². The fourth-order valence-electron chi connectivity index (χ4n) is 0.754. The second-order valence-electron chi connectivity index (χ2n) is 3.17. The lowest BCUT2D eigenvalue weighted by Crippen LogP contribution is -2.17. The Bertz CT molecular complexity index is 121. The van der Waals surface area contributed by atoms with Crippen molar-refractivity contribution in [3.8, 4) is 0 Å². The van der Waals surface area contributed by atoms with Gasteiger partial charge in [-0.25, -0.2) is 0 Å². The molecule has 10 heavy (non-hydrogen) atoms. The number of carboxylic acids is 1. The zero-order chi connectivity index (χ0) is 8.20. The van der Waals surface area contributed by atoms with Crippen molar-refractivity contribution in [3.05, 3.63) is 0 Å². The van der Waals surface area contributed by atoms with Crippen LogP contribution in [-0.2, 0) is 4.79 Å². The van der Waals surface area contributed by atoms with Gasteiger partial charge >= 0.3 is 5.97 Å². The van der Waals surface area contributed by atoms with Gasteiger partial charge in [-0.2, -0.15) is 0 Å². The lowest BCUT2D eigenvalue weighted by Gasteiger charge is -2.20. The molecular formula is C7H13ClO2. The highest BCUT2D eigenvalue weighted by atomic mass is 35.5. The number of halogens is 1. The maximum atomic E-state index is 10.2. The van der Waals surface area contributed by atoms with E-state index in [-0.39, 0.29) is 11.8 Å². The van der Waals surface area contributed by atoms with Gasteiger partial charge in [0.15, 0.2) is 0 Å². The molecule has 60 valence electrons. The van der Waals surface area contributed by atoms with Crippen molar-refractivity contribution in [1.29, 1.82) is 0 Å². The Labute approximate surface area is 66.2 Å². The number of hydrogen-bond acceptors (Lipinski definition) is 1. The largest absolute Gasteiger partial charge is 0.481 e. The first-order valence-corrected chi connectivity index (χ1v) is 3.79. The van der Waals surface area contributed by atoms with E-state index in [4.69, 9.17) is 16.7 Å². The molecule has 1 N–H and O–H groups in total. The summed E-state index contributed by atoms with van der Waals surface area (Å²) in [5.74, 6) is -0.226. The topological polar surface area (TPSA) is 37.3 Å². The molecule has 0 aliphatic heterocycles. The highest BCUT2D eigenvalue weighted by Gasteiger charge is 2.20. The minimum atomic E-state index is -0.755. The monoisotopic (exact) mass is 164 g/mol. The standard InChI is InChI=1S/C7H13ClO2/c1-7(2,3-4-8)5-6(9)10/h3-5H2,1-2H3,(H,9,10). The van der Waals surface area contributed by atoms with Crippen LogP contribution in [-0.4, -0.2) is 17.0 Å². The number of alkyl halides is 1. The second-order valence-corrected chi connectivity index (χ2v) is 3.55. The summed E-state index contributed by atoms with van der Waals surface area (Å²) < 4.78 is 0. The third kappa shape index (κ3) is 4.62. The Hall–Kier alpha value is -0.240. The van der Waals surface area contributed by atoms with E-state index in [2.05, 4.69) is 0 Å². The van der Waals surface area contributed by atoms with E-state index >= 15 is 0 Å². The molecule has 0 aromatic carbocycles. The lowest BCUT2D eigenvalue weighted by atomic mass is 9.87. The van der Waals surface area contributed by atoms with Crippen molar-refractivity contribution in [1.82, 2.24) is 0 Å². The number of aliphatic carboxylic acids is 1. The number of carbonyl (C=O) groups is 1. The fraction of sp³-hybridized carbons (Fsp3) is 0.857. The molecular weight excluding hydrogens is 152 g/mol. The lowest BCUT2D eigenvalue weighted by molar-refractivity contribution is -0.139. The van der Waals surface area contributed by atoms with Crippen LogP contribution in [0.5, 0.6) is 0 Å². The number of rotatable bonds is 4. The predicted molar refractivity (Wildman–Crippen MR) is 41.4 cm³/mol. The van der Waals surface area contributed by atoms with Gasteiger partial charge in [-0.1, -0.05) is 13.8 Å². The van der Waals surface area contributed by atoms with E-state index in [0.29, 0.717) is 5.88 Å². The number of carboxylic acid groups (broad SMARTS) is 1. The summed E-state index contributed by atoms with van der Waals surface area (Å²) >= 11 is 5.48. The van der Waals surface area contributed by atoms with Crippen LogP contribution in [0.2, 0.25) is 0 Å². The van der Waals surface area contributed by atoms with E-state index in [1.165, 1.54) is 0 Å². The Morgan fingerprint density at radius 3 is 2.40 bits per heavy atom. The maximum Gasteiger partial charge on any atom is 0.303 e. The van der Waals surface area contributed by atoms with Crippen LogP contribution in [0.25, 0.3) is 0 Å². The van der Waals surface area contributed by atoms with Gasteiger partial charge < -0.3 is 5.11 Å². The molecule has 0 saturated heterocycles. The average molecular weight is 165 g/mol. The van der Waals surface area contributed by atoms with Gasteiger partial charge in [0.1, 0.15) is 0 Å². The van der Waals surface area contributed by atoms with Gasteiger partial charge in [0.2, 0.25) is 0 Å². The first-order valence-electron chi connectivity index (χ1n) is 3.26. The van der Waals surface area contributed by atoms with E-state index < -0.39 is 5.97 Å². The van der Waals surface area contributed by atoms with E-state index in [1.54, 1.807) is 0 Å². The first kappa shape index (κ1) is 9.76. The van der Waals surface area contributed by atoms with Gasteiger partial charge in [0.05, 0.1) is 6.42 Å². The Kier molecular flexibility index (Phi) is 3.72. The third-order valence-electron chi connectivity index (χ3n) is 1.40. The van der Waals surface area contributed by atoms with Crippen molar-refractivity contribution < 1.29 is 9.90 Å². The zero-order valence-electron chi connectivity index (χ0n) is 6.35. The molecule has 3 heteroatoms. The zero-order valence-corrected chi connectivity index (χ0v) is 7.11. The highest BCUT2D eigenvalue weighted by Crippen LogP contribution is 2.24. The van der Waals surface area contributed by atoms with E-state index in [9.17, 15) is 4.79 Å². The van der Waals surface area contributed by atoms with Gasteiger partial charge in [-0.15, -0.1) is 11.6 Å². The van der Waals surface area contributed by atoms with Crippen LogP contribution in [0.1, 0.15) is 26.7 Å². The molecule has 0 amide bonds. The van der Waals surface area contributed by atoms with Crippen LogP contribution in [0.15, 0.2) is 0 Å². The molecule has 0 aromatic heterocycles. The molecule has 0 aliphatic carbocycles. The summed E-state index contributed by atoms with van der Waals surface area (Å²) in [5.41, 5.74) is -0.159. The fourth-order valence-corrected chi connectivity index (χ4v) is 1.27. The molecule has 0 heterocycles. The molecule has 0 rings (SSSR count). The smallest absolute Gasteiger partial charge is 0.303 e. The van der Waals surface area contributed by atoms with E-state index in [1.807, 2.05) is 13.8 Å². The van der Waals surface area contributed by atoms with Crippen LogP contribution >= 0.6 is 11.6 Å². The minimum absolute atomic E-state index is 0.159. The summed E-state index contributed by atoms with van der Waals surface area (Å²) in [4.78, 5) is 10.2. The summed E-state index contributed by atoms with van der Waals surface area (Å²) in [6.07, 6.45) is 0.945. The quantitative estimate of drug-likeness (QED) is 0.647. The molecule has 0 unspecified atom stereocenters. The van der Waals surface area contributed by atoms with Crippen molar-refractivity contribution in [3.63, 3.8) is 0 Å². The summed E-state index contributed by atoms with van der Waals surface area (Å²) in [6, 6.07) is 0. The van der Waals surface area contributed by atoms with Gasteiger partial charge in [-0.3, -0.25) is 4.79 Å². The highest BCUT2D eigenvalue weighted by molar-refractivity contribution is 6.17. The van der Waals surface area contributed by atoms with Gasteiger partial charge in [0.25, 0.3) is 0 Å². The molecule has 0 bridgehead atoms. The van der Waals surface area contributed by atoms with E-state index in [0.717, 1.165) is 6.42 Å².